The van der Waals surface area contributed by atoms with Crippen LogP contribution in [0.4, 0.5) is 0 Å². The summed E-state index contributed by atoms with van der Waals surface area (Å²) in [6.07, 6.45) is -3.72. The van der Waals surface area contributed by atoms with Gasteiger partial charge < -0.3 is 48.5 Å². The molecule has 0 aliphatic rings. The summed E-state index contributed by atoms with van der Waals surface area (Å²) in [7, 11) is 0. The molecule has 0 aliphatic heterocycles. The number of carbonyl (C=O) groups is 7. The minimum Gasteiger partial charge on any atom is -0.481 e. The van der Waals surface area contributed by atoms with Gasteiger partial charge >= 0.3 is 11.9 Å². The van der Waals surface area contributed by atoms with Crippen LogP contribution >= 0.6 is 0 Å². The standard InChI is InChI=1S/C19H32N6O10/c1-8(26)15(22)18(33)24-10(4-7-14(29)30)16(31)23-9(2-5-12(20)27)17(32)25-11(19(34)35)3-6-13(21)28/h8-11,15,26H,2-7,22H2,1H3,(H2,20,27)(H2,21,28)(H,23,31)(H,24,33)(H,25,32)(H,29,30)(H,34,35). The fraction of sp³-hybridized carbons (Fsp3) is 0.632. The fourth-order valence-corrected chi connectivity index (χ4v) is 2.67. The van der Waals surface area contributed by atoms with E-state index in [9.17, 15) is 43.8 Å². The van der Waals surface area contributed by atoms with Crippen molar-refractivity contribution in [1.82, 2.24) is 16.0 Å². The van der Waals surface area contributed by atoms with E-state index >= 15 is 0 Å². The highest BCUT2D eigenvalue weighted by molar-refractivity contribution is 5.94. The second-order valence-corrected chi connectivity index (χ2v) is 7.73. The third-order valence-electron chi connectivity index (χ3n) is 4.71. The van der Waals surface area contributed by atoms with Crippen molar-refractivity contribution in [1.29, 1.82) is 0 Å². The van der Waals surface area contributed by atoms with E-state index in [0.717, 1.165) is 0 Å². The van der Waals surface area contributed by atoms with Crippen LogP contribution in [0.3, 0.4) is 0 Å². The van der Waals surface area contributed by atoms with Crippen molar-refractivity contribution in [2.75, 3.05) is 0 Å². The van der Waals surface area contributed by atoms with Gasteiger partial charge in [-0.05, 0) is 26.2 Å². The quantitative estimate of drug-likeness (QED) is 0.0911. The third-order valence-corrected chi connectivity index (χ3v) is 4.71. The van der Waals surface area contributed by atoms with E-state index in [1.165, 1.54) is 6.92 Å². The number of nitrogens with one attached hydrogen (secondary N) is 3. The van der Waals surface area contributed by atoms with Crippen LogP contribution in [0, 0.1) is 0 Å². The van der Waals surface area contributed by atoms with E-state index in [4.69, 9.17) is 22.3 Å². The van der Waals surface area contributed by atoms with E-state index < -0.39 is 91.0 Å². The van der Waals surface area contributed by atoms with Crippen molar-refractivity contribution in [3.8, 4) is 0 Å². The van der Waals surface area contributed by atoms with Gasteiger partial charge in [0.2, 0.25) is 29.5 Å². The van der Waals surface area contributed by atoms with Crippen molar-refractivity contribution >= 4 is 41.5 Å². The molecule has 0 aliphatic carbocycles. The molecule has 0 saturated heterocycles. The van der Waals surface area contributed by atoms with Gasteiger partial charge in [0.15, 0.2) is 0 Å². The van der Waals surface area contributed by atoms with Crippen LogP contribution in [0.5, 0.6) is 0 Å². The Labute approximate surface area is 199 Å². The zero-order chi connectivity index (χ0) is 27.3. The Morgan fingerprint density at radius 2 is 1.06 bits per heavy atom. The molecule has 0 aromatic carbocycles. The Hall–Kier alpha value is -3.79. The molecule has 198 valence electrons. The molecule has 0 radical (unpaired) electrons. The van der Waals surface area contributed by atoms with Gasteiger partial charge in [0.1, 0.15) is 24.2 Å². The van der Waals surface area contributed by atoms with Crippen molar-refractivity contribution in [3.05, 3.63) is 0 Å². The molecule has 5 atom stereocenters. The number of carboxylic acids is 2. The highest BCUT2D eigenvalue weighted by Gasteiger charge is 2.31. The van der Waals surface area contributed by atoms with E-state index in [2.05, 4.69) is 16.0 Å². The molecule has 0 spiro atoms. The molecule has 0 heterocycles. The molecular formula is C19H32N6O10. The van der Waals surface area contributed by atoms with E-state index in [1.807, 2.05) is 0 Å². The van der Waals surface area contributed by atoms with Crippen LogP contribution in [-0.2, 0) is 33.6 Å². The monoisotopic (exact) mass is 504 g/mol. The summed E-state index contributed by atoms with van der Waals surface area (Å²) in [6.45, 7) is 1.22. The normalized spacial score (nSPS) is 14.9. The fourth-order valence-electron chi connectivity index (χ4n) is 2.67. The Balaban J connectivity index is 5.65. The number of aliphatic hydroxyl groups is 1. The summed E-state index contributed by atoms with van der Waals surface area (Å²) in [6, 6.07) is -6.00. The number of rotatable bonds is 17. The van der Waals surface area contributed by atoms with Gasteiger partial charge in [-0.1, -0.05) is 0 Å². The summed E-state index contributed by atoms with van der Waals surface area (Å²) in [5.74, 6) is -7.47. The molecule has 12 N–H and O–H groups in total. The summed E-state index contributed by atoms with van der Waals surface area (Å²) in [5.41, 5.74) is 15.6. The molecule has 5 unspecified atom stereocenters. The van der Waals surface area contributed by atoms with Crippen LogP contribution in [-0.4, -0.2) is 87.1 Å². The first kappa shape index (κ1) is 31.2. The van der Waals surface area contributed by atoms with Gasteiger partial charge in [-0.3, -0.25) is 28.8 Å². The van der Waals surface area contributed by atoms with Gasteiger partial charge in [-0.2, -0.15) is 0 Å². The maximum atomic E-state index is 12.8. The number of primary amides is 2. The van der Waals surface area contributed by atoms with Crippen molar-refractivity contribution < 1.29 is 48.9 Å². The lowest BCUT2D eigenvalue weighted by Gasteiger charge is -2.25. The number of aliphatic hydroxyl groups excluding tert-OH is 1. The van der Waals surface area contributed by atoms with Crippen LogP contribution in [0.1, 0.15) is 45.4 Å². The van der Waals surface area contributed by atoms with Crippen molar-refractivity contribution in [2.45, 2.75) is 75.7 Å². The zero-order valence-corrected chi connectivity index (χ0v) is 19.1. The van der Waals surface area contributed by atoms with Gasteiger partial charge in [-0.25, -0.2) is 4.79 Å². The number of aliphatic carboxylic acids is 2. The van der Waals surface area contributed by atoms with E-state index in [1.54, 1.807) is 0 Å². The molecule has 5 amide bonds. The van der Waals surface area contributed by atoms with Crippen LogP contribution in [0.15, 0.2) is 0 Å². The lowest BCUT2D eigenvalue weighted by atomic mass is 10.1. The average Bonchev–Trinajstić information content (AvgIpc) is 2.74. The zero-order valence-electron chi connectivity index (χ0n) is 19.1. The number of amides is 5. The maximum absolute atomic E-state index is 12.8. The molecule has 0 rings (SSSR count). The first-order valence-electron chi connectivity index (χ1n) is 10.5. The van der Waals surface area contributed by atoms with E-state index in [-0.39, 0.29) is 19.3 Å². The first-order valence-corrected chi connectivity index (χ1v) is 10.5. The molecule has 0 bridgehead atoms. The van der Waals surface area contributed by atoms with Gasteiger partial charge in [0.25, 0.3) is 0 Å². The molecule has 0 aromatic rings. The summed E-state index contributed by atoms with van der Waals surface area (Å²) < 4.78 is 0. The smallest absolute Gasteiger partial charge is 0.326 e. The number of nitrogens with two attached hydrogens (primary N) is 3. The molecule has 0 fully saturated rings. The minimum absolute atomic E-state index is 0.346. The third kappa shape index (κ3) is 12.9. The van der Waals surface area contributed by atoms with E-state index in [0.29, 0.717) is 0 Å². The average molecular weight is 504 g/mol. The second kappa shape index (κ2) is 15.2. The van der Waals surface area contributed by atoms with Crippen molar-refractivity contribution in [3.63, 3.8) is 0 Å². The summed E-state index contributed by atoms with van der Waals surface area (Å²) in [4.78, 5) is 82.1. The molecule has 16 nitrogen and oxygen atoms in total. The lowest BCUT2D eigenvalue weighted by molar-refractivity contribution is -0.142. The Kier molecular flexibility index (Phi) is 13.5. The summed E-state index contributed by atoms with van der Waals surface area (Å²) in [5, 5.41) is 34.2. The van der Waals surface area contributed by atoms with Crippen LogP contribution in [0.25, 0.3) is 0 Å². The molecule has 0 saturated carbocycles. The SMILES string of the molecule is CC(O)C(N)C(=O)NC(CCC(=O)O)C(=O)NC(CCC(N)=O)C(=O)NC(CCC(N)=O)C(=O)O. The molecule has 35 heavy (non-hydrogen) atoms. The Bertz CT molecular complexity index is 818. The molecule has 0 aromatic heterocycles. The van der Waals surface area contributed by atoms with Gasteiger partial charge in [-0.15, -0.1) is 0 Å². The molecular weight excluding hydrogens is 472 g/mol. The first-order chi connectivity index (χ1) is 16.1. The predicted molar refractivity (Wildman–Crippen MR) is 117 cm³/mol. The second-order valence-electron chi connectivity index (χ2n) is 7.73. The van der Waals surface area contributed by atoms with Gasteiger partial charge in [0.05, 0.1) is 6.10 Å². The maximum Gasteiger partial charge on any atom is 0.326 e. The number of hydrogen-bond donors (Lipinski definition) is 9. The number of carbonyl (C=O) groups excluding carboxylic acids is 5. The van der Waals surface area contributed by atoms with Crippen LogP contribution in [0.2, 0.25) is 0 Å². The van der Waals surface area contributed by atoms with Crippen molar-refractivity contribution in [2.24, 2.45) is 17.2 Å². The largest absolute Gasteiger partial charge is 0.481 e. The Morgan fingerprint density at radius 1 is 0.686 bits per heavy atom. The number of hydrogen-bond acceptors (Lipinski definition) is 9. The van der Waals surface area contributed by atoms with Gasteiger partial charge in [0, 0.05) is 19.3 Å². The lowest BCUT2D eigenvalue weighted by Crippen LogP contribution is -2.58. The summed E-state index contributed by atoms with van der Waals surface area (Å²) >= 11 is 0. The Morgan fingerprint density at radius 3 is 1.43 bits per heavy atom. The number of carboxylic acid groups (broad SMARTS) is 2. The molecule has 16 heteroatoms. The van der Waals surface area contributed by atoms with Crippen LogP contribution < -0.4 is 33.2 Å². The predicted octanol–water partition coefficient (Wildman–Crippen LogP) is -4.37. The highest BCUT2D eigenvalue weighted by atomic mass is 16.4. The topological polar surface area (TPSA) is 294 Å². The minimum atomic E-state index is -1.55. The highest BCUT2D eigenvalue weighted by Crippen LogP contribution is 2.06.